The van der Waals surface area contributed by atoms with E-state index in [1.54, 1.807) is 18.2 Å². The maximum absolute atomic E-state index is 11.9. The van der Waals surface area contributed by atoms with Crippen LogP contribution in [0.4, 0.5) is 0 Å². The number of benzene rings is 1. The Morgan fingerprint density at radius 3 is 2.68 bits per heavy atom. The summed E-state index contributed by atoms with van der Waals surface area (Å²) in [7, 11) is -4.00. The molecule has 0 saturated carbocycles. The molecule has 2 aromatic rings. The van der Waals surface area contributed by atoms with Gasteiger partial charge < -0.3 is 5.11 Å². The van der Waals surface area contributed by atoms with Crippen molar-refractivity contribution in [3.05, 3.63) is 61.1 Å². The molecule has 110 valence electrons. The fourth-order valence-electron chi connectivity index (χ4n) is 1.40. The monoisotopic (exact) mass is 427 g/mol. The van der Waals surface area contributed by atoms with Gasteiger partial charge in [-0.3, -0.25) is 0 Å². The zero-order valence-electron chi connectivity index (χ0n) is 11.4. The molecule has 9 heteroatoms. The fraction of sp³-hybridized carbons (Fsp3) is 0. The Labute approximate surface area is 168 Å². The zero-order valence-corrected chi connectivity index (χ0v) is 17.3. The minimum Gasteiger partial charge on any atom is -0.858 e. The second-order valence-electron chi connectivity index (χ2n) is 3.85. The van der Waals surface area contributed by atoms with Crippen LogP contribution in [0.25, 0.3) is 6.08 Å². The largest absolute Gasteiger partial charge is 1.00 e. The van der Waals surface area contributed by atoms with Gasteiger partial charge in [0.15, 0.2) is 0 Å². The maximum atomic E-state index is 11.9. The van der Waals surface area contributed by atoms with E-state index in [4.69, 9.17) is 11.6 Å². The van der Waals surface area contributed by atoms with E-state index >= 15 is 0 Å². The summed E-state index contributed by atoms with van der Waals surface area (Å²) in [6.07, 6.45) is 1.39. The first kappa shape index (κ1) is 19.9. The summed E-state index contributed by atoms with van der Waals surface area (Å²) in [5.41, 5.74) is 0.0352. The van der Waals surface area contributed by atoms with Gasteiger partial charge in [0.25, 0.3) is 10.0 Å². The summed E-state index contributed by atoms with van der Waals surface area (Å²) in [6, 6.07) is 8.04. The molecule has 2 rings (SSSR count). The van der Waals surface area contributed by atoms with Crippen LogP contribution in [-0.4, -0.2) is 14.3 Å². The molecule has 0 bridgehead atoms. The molecule has 0 saturated heterocycles. The molecule has 0 radical (unpaired) electrons. The van der Waals surface area contributed by atoms with Crippen molar-refractivity contribution in [1.29, 1.82) is 0 Å². The molecule has 0 aliphatic rings. The number of nitrogens with zero attached hydrogens (tertiary/aromatic N) is 1. The Morgan fingerprint density at radius 2 is 2.09 bits per heavy atom. The standard InChI is InChI=1S/C13H9BrClNO3S2.Na/c14-9-3-4-11(12(15)8-9)13(17)16-21(18,19)7-5-10-2-1-6-20-10;/h1-8H,(H,16,17);/q;+1/p-1/b7-5+;. The molecule has 0 spiro atoms. The molecule has 0 fully saturated rings. The van der Waals surface area contributed by atoms with Gasteiger partial charge in [0.2, 0.25) is 0 Å². The van der Waals surface area contributed by atoms with E-state index in [1.807, 2.05) is 5.38 Å². The topological polar surface area (TPSA) is 69.6 Å². The van der Waals surface area contributed by atoms with Crippen molar-refractivity contribution in [2.45, 2.75) is 0 Å². The molecule has 1 aromatic heterocycles. The van der Waals surface area contributed by atoms with E-state index < -0.39 is 15.9 Å². The summed E-state index contributed by atoms with van der Waals surface area (Å²) >= 11 is 10.5. The number of rotatable bonds is 4. The molecule has 22 heavy (non-hydrogen) atoms. The third-order valence-corrected chi connectivity index (χ3v) is 4.86. The Hall–Kier alpha value is -0.150. The van der Waals surface area contributed by atoms with Crippen LogP contribution in [0.3, 0.4) is 0 Å². The summed E-state index contributed by atoms with van der Waals surface area (Å²) in [5.74, 6) is -0.900. The number of halogens is 2. The fourth-order valence-corrected chi connectivity index (χ4v) is 3.56. The molecule has 0 aliphatic heterocycles. The average molecular weight is 429 g/mol. The molecule has 0 atom stereocenters. The second kappa shape index (κ2) is 8.63. The van der Waals surface area contributed by atoms with Crippen LogP contribution < -0.4 is 34.7 Å². The number of hydrogen-bond acceptors (Lipinski definition) is 4. The molecule has 0 unspecified atom stereocenters. The van der Waals surface area contributed by atoms with Crippen molar-refractivity contribution >= 4 is 60.9 Å². The van der Waals surface area contributed by atoms with E-state index in [1.165, 1.54) is 29.5 Å². The minimum atomic E-state index is -4.00. The van der Waals surface area contributed by atoms with Crippen molar-refractivity contribution in [2.24, 2.45) is 4.40 Å². The molecule has 0 amide bonds. The SMILES string of the molecule is O=S(=O)(/C=C/c1cccs1)/N=C(\[O-])c1ccc(Br)cc1Cl.[Na+]. The summed E-state index contributed by atoms with van der Waals surface area (Å²) in [4.78, 5) is 0.753. The molecule has 0 N–H and O–H groups in total. The van der Waals surface area contributed by atoms with Gasteiger partial charge in [-0.15, -0.1) is 11.3 Å². The van der Waals surface area contributed by atoms with Gasteiger partial charge >= 0.3 is 29.6 Å². The van der Waals surface area contributed by atoms with E-state index in [9.17, 15) is 13.5 Å². The van der Waals surface area contributed by atoms with Crippen LogP contribution in [0.15, 0.2) is 50.0 Å². The predicted molar refractivity (Wildman–Crippen MR) is 88.0 cm³/mol. The van der Waals surface area contributed by atoms with E-state index in [-0.39, 0.29) is 40.1 Å². The summed E-state index contributed by atoms with van der Waals surface area (Å²) < 4.78 is 27.4. The smallest absolute Gasteiger partial charge is 0.858 e. The summed E-state index contributed by atoms with van der Waals surface area (Å²) in [6.45, 7) is 0. The normalized spacial score (nSPS) is 12.4. The Morgan fingerprint density at radius 1 is 1.36 bits per heavy atom. The van der Waals surface area contributed by atoms with Crippen LogP contribution >= 0.6 is 38.9 Å². The van der Waals surface area contributed by atoms with E-state index in [0.717, 1.165) is 10.3 Å². The molecular formula is C13H8BrClNNaO3S2. The van der Waals surface area contributed by atoms with Crippen molar-refractivity contribution in [2.75, 3.05) is 0 Å². The van der Waals surface area contributed by atoms with Gasteiger partial charge in [-0.05, 0) is 29.7 Å². The Balaban J connectivity index is 0.00000242. The summed E-state index contributed by atoms with van der Waals surface area (Å²) in [5, 5.41) is 14.7. The van der Waals surface area contributed by atoms with Gasteiger partial charge in [0, 0.05) is 25.8 Å². The van der Waals surface area contributed by atoms with Gasteiger partial charge in [-0.2, -0.15) is 12.8 Å². The maximum Gasteiger partial charge on any atom is 1.00 e. The number of hydrogen-bond donors (Lipinski definition) is 0. The van der Waals surface area contributed by atoms with E-state index in [0.29, 0.717) is 4.47 Å². The van der Waals surface area contributed by atoms with Crippen molar-refractivity contribution < 1.29 is 43.1 Å². The van der Waals surface area contributed by atoms with Crippen molar-refractivity contribution in [1.82, 2.24) is 0 Å². The van der Waals surface area contributed by atoms with E-state index in [2.05, 4.69) is 20.3 Å². The first-order valence-electron chi connectivity index (χ1n) is 5.56. The number of sulfonamides is 1. The van der Waals surface area contributed by atoms with Gasteiger partial charge in [-0.25, -0.2) is 0 Å². The quantitative estimate of drug-likeness (QED) is 0.399. The number of thiophene rings is 1. The van der Waals surface area contributed by atoms with Gasteiger partial charge in [0.1, 0.15) is 0 Å². The average Bonchev–Trinajstić information content (AvgIpc) is 2.88. The third kappa shape index (κ3) is 5.81. The van der Waals surface area contributed by atoms with Crippen LogP contribution in [0, 0.1) is 0 Å². The second-order valence-corrected chi connectivity index (χ2v) is 7.64. The van der Waals surface area contributed by atoms with Crippen LogP contribution in [-0.2, 0) is 10.0 Å². The van der Waals surface area contributed by atoms with Crippen LogP contribution in [0.5, 0.6) is 0 Å². The predicted octanol–water partition coefficient (Wildman–Crippen LogP) is 0.276. The van der Waals surface area contributed by atoms with Crippen molar-refractivity contribution in [3.8, 4) is 0 Å². The van der Waals surface area contributed by atoms with Crippen molar-refractivity contribution in [3.63, 3.8) is 0 Å². The Kier molecular flexibility index (Phi) is 7.81. The molecular weight excluding hydrogens is 421 g/mol. The van der Waals surface area contributed by atoms with Crippen LogP contribution in [0.2, 0.25) is 5.02 Å². The third-order valence-electron chi connectivity index (χ3n) is 2.32. The first-order chi connectivity index (χ1) is 9.87. The van der Waals surface area contributed by atoms with Gasteiger partial charge in [-0.1, -0.05) is 39.7 Å². The molecule has 4 nitrogen and oxygen atoms in total. The zero-order chi connectivity index (χ0) is 15.5. The Bertz CT molecular complexity index is 805. The molecule has 0 aliphatic carbocycles. The molecule has 1 heterocycles. The minimum absolute atomic E-state index is 0. The van der Waals surface area contributed by atoms with Gasteiger partial charge in [0.05, 0.1) is 5.41 Å². The van der Waals surface area contributed by atoms with Crippen LogP contribution in [0.1, 0.15) is 10.4 Å². The molecule has 1 aromatic carbocycles. The first-order valence-corrected chi connectivity index (χ1v) is 9.12.